The Hall–Kier alpha value is -3.04. The Balaban J connectivity index is 1.80. The zero-order valence-corrected chi connectivity index (χ0v) is 16.8. The van der Waals surface area contributed by atoms with E-state index in [-0.39, 0.29) is 5.69 Å². The first-order valence-corrected chi connectivity index (χ1v) is 11.1. The van der Waals surface area contributed by atoms with Crippen LogP contribution in [0.25, 0.3) is 22.0 Å². The molecule has 0 radical (unpaired) electrons. The van der Waals surface area contributed by atoms with Crippen LogP contribution in [0, 0.1) is 10.1 Å². The van der Waals surface area contributed by atoms with E-state index in [0.717, 1.165) is 17.4 Å². The zero-order valence-electron chi connectivity index (χ0n) is 16.0. The monoisotopic (exact) mass is 414 g/mol. The van der Waals surface area contributed by atoms with Gasteiger partial charge in [0.1, 0.15) is 11.9 Å². The number of nitrogens with zero attached hydrogens (tertiary/aromatic N) is 2. The summed E-state index contributed by atoms with van der Waals surface area (Å²) in [6.07, 6.45) is 3.66. The van der Waals surface area contributed by atoms with E-state index in [4.69, 9.17) is 0 Å². The number of aromatic nitrogens is 1. The Labute approximate surface area is 169 Å². The second kappa shape index (κ2) is 8.97. The summed E-state index contributed by atoms with van der Waals surface area (Å²) in [6, 6.07) is 15.5. The van der Waals surface area contributed by atoms with Crippen molar-refractivity contribution in [1.29, 1.82) is 0 Å². The summed E-state index contributed by atoms with van der Waals surface area (Å²) in [4.78, 5) is 15.3. The van der Waals surface area contributed by atoms with Crippen LogP contribution < -0.4 is 10.0 Å². The molecular weight excluding hydrogens is 392 g/mol. The quantitative estimate of drug-likeness (QED) is 0.314. The molecule has 0 aliphatic heterocycles. The van der Waals surface area contributed by atoms with Gasteiger partial charge in [-0.2, -0.15) is 0 Å². The van der Waals surface area contributed by atoms with Crippen molar-refractivity contribution >= 4 is 32.3 Å². The van der Waals surface area contributed by atoms with Crippen LogP contribution in [0.1, 0.15) is 12.8 Å². The number of hydrogen-bond donors (Lipinski definition) is 2. The molecule has 8 nitrogen and oxygen atoms in total. The normalized spacial score (nSPS) is 11.5. The molecule has 1 heterocycles. The lowest BCUT2D eigenvalue weighted by Crippen LogP contribution is -2.23. The molecule has 29 heavy (non-hydrogen) atoms. The number of pyridine rings is 1. The van der Waals surface area contributed by atoms with Crippen molar-refractivity contribution in [3.05, 3.63) is 64.8 Å². The predicted molar refractivity (Wildman–Crippen MR) is 114 cm³/mol. The Kier molecular flexibility index (Phi) is 6.40. The maximum absolute atomic E-state index is 11.4. The highest BCUT2D eigenvalue weighted by Gasteiger charge is 2.18. The molecule has 0 saturated carbocycles. The van der Waals surface area contributed by atoms with E-state index in [1.54, 1.807) is 0 Å². The maximum atomic E-state index is 11.4. The van der Waals surface area contributed by atoms with Gasteiger partial charge in [-0.15, -0.1) is 0 Å². The van der Waals surface area contributed by atoms with Crippen molar-refractivity contribution in [2.45, 2.75) is 12.8 Å². The number of sulfonamides is 1. The van der Waals surface area contributed by atoms with Crippen molar-refractivity contribution in [1.82, 2.24) is 9.71 Å². The minimum absolute atomic E-state index is 0.0841. The molecule has 9 heteroatoms. The highest BCUT2D eigenvalue weighted by Crippen LogP contribution is 2.33. The largest absolute Gasteiger partial charge is 0.379 e. The molecule has 0 unspecified atom stereocenters. The van der Waals surface area contributed by atoms with Crippen LogP contribution in [0.5, 0.6) is 0 Å². The summed E-state index contributed by atoms with van der Waals surface area (Å²) in [7, 11) is -3.21. The standard InChI is InChI=1S/C20H22N4O4S/c1-29(27,28)23-12-6-5-11-21-20-17-10-9-16(15-7-3-2-4-8-15)13-18(17)22-14-19(20)24(25)26/h2-4,7-10,13-14,23H,5-6,11-12H2,1H3,(H,21,22). The minimum Gasteiger partial charge on any atom is -0.379 e. The Morgan fingerprint density at radius 1 is 1.03 bits per heavy atom. The van der Waals surface area contributed by atoms with Gasteiger partial charge in [0.05, 0.1) is 16.7 Å². The molecule has 0 aliphatic rings. The van der Waals surface area contributed by atoms with E-state index in [1.807, 2.05) is 48.5 Å². The average Bonchev–Trinajstić information content (AvgIpc) is 2.69. The van der Waals surface area contributed by atoms with Gasteiger partial charge in [0.15, 0.2) is 0 Å². The maximum Gasteiger partial charge on any atom is 0.311 e. The van der Waals surface area contributed by atoms with Gasteiger partial charge in [-0.05, 0) is 36.1 Å². The highest BCUT2D eigenvalue weighted by molar-refractivity contribution is 7.88. The van der Waals surface area contributed by atoms with E-state index in [1.165, 1.54) is 6.20 Å². The van der Waals surface area contributed by atoms with Crippen LogP contribution in [0.3, 0.4) is 0 Å². The van der Waals surface area contributed by atoms with Crippen molar-refractivity contribution in [3.8, 4) is 11.1 Å². The average molecular weight is 414 g/mol. The minimum atomic E-state index is -3.21. The number of unbranched alkanes of at least 4 members (excludes halogenated alkanes) is 1. The Bertz CT molecular complexity index is 1120. The summed E-state index contributed by atoms with van der Waals surface area (Å²) < 4.78 is 24.6. The Morgan fingerprint density at radius 3 is 2.45 bits per heavy atom. The van der Waals surface area contributed by atoms with Crippen molar-refractivity contribution < 1.29 is 13.3 Å². The number of nitro groups is 1. The van der Waals surface area contributed by atoms with Crippen LogP contribution in [0.2, 0.25) is 0 Å². The molecule has 0 saturated heterocycles. The van der Waals surface area contributed by atoms with Gasteiger partial charge in [-0.1, -0.05) is 36.4 Å². The smallest absolute Gasteiger partial charge is 0.311 e. The van der Waals surface area contributed by atoms with E-state index >= 15 is 0 Å². The number of rotatable bonds is 9. The van der Waals surface area contributed by atoms with Crippen LogP contribution in [-0.2, 0) is 10.0 Å². The third kappa shape index (κ3) is 5.49. The van der Waals surface area contributed by atoms with Crippen LogP contribution in [0.15, 0.2) is 54.7 Å². The first-order chi connectivity index (χ1) is 13.8. The third-order valence-corrected chi connectivity index (χ3v) is 5.15. The van der Waals surface area contributed by atoms with E-state index in [0.29, 0.717) is 42.5 Å². The summed E-state index contributed by atoms with van der Waals surface area (Å²) >= 11 is 0. The fourth-order valence-electron chi connectivity index (χ4n) is 3.04. The zero-order chi connectivity index (χ0) is 20.9. The van der Waals surface area contributed by atoms with Gasteiger partial charge in [0, 0.05) is 18.5 Å². The second-order valence-electron chi connectivity index (χ2n) is 6.67. The number of anilines is 1. The summed E-state index contributed by atoms with van der Waals surface area (Å²) in [5, 5.41) is 15.3. The fraction of sp³-hybridized carbons (Fsp3) is 0.250. The van der Waals surface area contributed by atoms with Gasteiger partial charge < -0.3 is 5.32 Å². The summed E-state index contributed by atoms with van der Waals surface area (Å²) in [5.74, 6) is 0. The number of hydrogen-bond acceptors (Lipinski definition) is 6. The van der Waals surface area contributed by atoms with Gasteiger partial charge in [0.2, 0.25) is 10.0 Å². The molecule has 152 valence electrons. The molecule has 0 aliphatic carbocycles. The van der Waals surface area contributed by atoms with Crippen LogP contribution in [0.4, 0.5) is 11.4 Å². The van der Waals surface area contributed by atoms with E-state index in [2.05, 4.69) is 15.0 Å². The third-order valence-electron chi connectivity index (χ3n) is 4.42. The fourth-order valence-corrected chi connectivity index (χ4v) is 3.55. The number of benzene rings is 2. The predicted octanol–water partition coefficient (Wildman–Crippen LogP) is 3.55. The molecule has 3 aromatic rings. The lowest BCUT2D eigenvalue weighted by Gasteiger charge is -2.11. The SMILES string of the molecule is CS(=O)(=O)NCCCCNc1c([N+](=O)[O-])cnc2cc(-c3ccccc3)ccc12. The second-order valence-corrected chi connectivity index (χ2v) is 8.51. The molecule has 3 rings (SSSR count). The summed E-state index contributed by atoms with van der Waals surface area (Å²) in [5.41, 5.74) is 3.03. The summed E-state index contributed by atoms with van der Waals surface area (Å²) in [6.45, 7) is 0.811. The number of fused-ring (bicyclic) bond motifs is 1. The molecule has 0 spiro atoms. The topological polar surface area (TPSA) is 114 Å². The first-order valence-electron chi connectivity index (χ1n) is 9.16. The molecule has 2 aromatic carbocycles. The molecule has 0 atom stereocenters. The van der Waals surface area contributed by atoms with Crippen molar-refractivity contribution in [2.75, 3.05) is 24.7 Å². The lowest BCUT2D eigenvalue weighted by atomic mass is 10.0. The van der Waals surface area contributed by atoms with Gasteiger partial charge in [-0.3, -0.25) is 10.1 Å². The number of nitrogens with one attached hydrogen (secondary N) is 2. The van der Waals surface area contributed by atoms with Crippen molar-refractivity contribution in [3.63, 3.8) is 0 Å². The Morgan fingerprint density at radius 2 is 1.76 bits per heavy atom. The van der Waals surface area contributed by atoms with E-state index < -0.39 is 14.9 Å². The van der Waals surface area contributed by atoms with E-state index in [9.17, 15) is 18.5 Å². The molecule has 2 N–H and O–H groups in total. The molecule has 0 bridgehead atoms. The van der Waals surface area contributed by atoms with Gasteiger partial charge in [-0.25, -0.2) is 18.1 Å². The van der Waals surface area contributed by atoms with Gasteiger partial charge >= 0.3 is 5.69 Å². The lowest BCUT2D eigenvalue weighted by molar-refractivity contribution is -0.384. The first kappa shape index (κ1) is 20.7. The van der Waals surface area contributed by atoms with Crippen LogP contribution in [-0.4, -0.2) is 37.7 Å². The van der Waals surface area contributed by atoms with Crippen LogP contribution >= 0.6 is 0 Å². The van der Waals surface area contributed by atoms with Crippen molar-refractivity contribution in [2.24, 2.45) is 0 Å². The van der Waals surface area contributed by atoms with Gasteiger partial charge in [0.25, 0.3) is 0 Å². The molecule has 0 fully saturated rings. The molecular formula is C20H22N4O4S. The molecule has 0 amide bonds. The highest BCUT2D eigenvalue weighted by atomic mass is 32.2. The molecule has 1 aromatic heterocycles.